The van der Waals surface area contributed by atoms with Crippen LogP contribution in [0, 0.1) is 11.3 Å². The number of ether oxygens (including phenoxy) is 1. The van der Waals surface area contributed by atoms with Crippen molar-refractivity contribution in [3.05, 3.63) is 28.5 Å². The summed E-state index contributed by atoms with van der Waals surface area (Å²) in [5.41, 5.74) is 1.95. The van der Waals surface area contributed by atoms with E-state index in [4.69, 9.17) is 21.6 Å². The molecule has 92 valence electrons. The molecular weight excluding hydrogens is 250 g/mol. The Morgan fingerprint density at radius 3 is 3.06 bits per heavy atom. The van der Waals surface area contributed by atoms with Crippen LogP contribution in [0.4, 0.5) is 0 Å². The number of hydrogen-bond acceptors (Lipinski definition) is 3. The smallest absolute Gasteiger partial charge is 0.136 e. The van der Waals surface area contributed by atoms with Gasteiger partial charge in [0.15, 0.2) is 0 Å². The maximum absolute atomic E-state index is 8.94. The molecule has 3 rings (SSSR count). The number of aromatic nitrogens is 2. The number of nitrogens with zero attached hydrogens (tertiary/aromatic N) is 2. The first-order chi connectivity index (χ1) is 8.79. The first kappa shape index (κ1) is 11.5. The van der Waals surface area contributed by atoms with Gasteiger partial charge in [-0.1, -0.05) is 11.6 Å². The van der Waals surface area contributed by atoms with E-state index in [-0.39, 0.29) is 6.10 Å². The van der Waals surface area contributed by atoms with Crippen molar-refractivity contribution in [1.29, 1.82) is 5.26 Å². The van der Waals surface area contributed by atoms with Gasteiger partial charge in [0.2, 0.25) is 0 Å². The Balaban J connectivity index is 2.05. The summed E-state index contributed by atoms with van der Waals surface area (Å²) in [5, 5.41) is 9.35. The van der Waals surface area contributed by atoms with Crippen molar-refractivity contribution in [2.45, 2.75) is 25.4 Å². The second-order valence-electron chi connectivity index (χ2n) is 4.41. The fourth-order valence-corrected chi connectivity index (χ4v) is 2.51. The van der Waals surface area contributed by atoms with E-state index in [0.29, 0.717) is 16.1 Å². The number of benzene rings is 1. The first-order valence-electron chi connectivity index (χ1n) is 5.99. The quantitative estimate of drug-likeness (QED) is 0.856. The number of hydrogen-bond donors (Lipinski definition) is 1. The Hall–Kier alpha value is -1.57. The van der Waals surface area contributed by atoms with Gasteiger partial charge in [-0.15, -0.1) is 0 Å². The topological polar surface area (TPSA) is 61.7 Å². The van der Waals surface area contributed by atoms with E-state index in [0.717, 1.165) is 37.2 Å². The lowest BCUT2D eigenvalue weighted by atomic mass is 10.1. The Morgan fingerprint density at radius 1 is 1.44 bits per heavy atom. The van der Waals surface area contributed by atoms with Crippen LogP contribution in [0.2, 0.25) is 5.02 Å². The molecule has 5 heteroatoms. The molecule has 1 saturated heterocycles. The van der Waals surface area contributed by atoms with Gasteiger partial charge >= 0.3 is 0 Å². The normalized spacial score (nSPS) is 19.9. The Labute approximate surface area is 110 Å². The van der Waals surface area contributed by atoms with Crippen LogP contribution in [0.5, 0.6) is 0 Å². The van der Waals surface area contributed by atoms with E-state index >= 15 is 0 Å². The molecule has 18 heavy (non-hydrogen) atoms. The summed E-state index contributed by atoms with van der Waals surface area (Å²) in [6.07, 6.45) is 3.25. The molecule has 0 saturated carbocycles. The van der Waals surface area contributed by atoms with E-state index in [1.165, 1.54) is 0 Å². The van der Waals surface area contributed by atoms with E-state index in [9.17, 15) is 0 Å². The Morgan fingerprint density at radius 2 is 2.33 bits per heavy atom. The Bertz CT molecular complexity index is 623. The van der Waals surface area contributed by atoms with Gasteiger partial charge in [-0.3, -0.25) is 0 Å². The number of fused-ring (bicyclic) bond motifs is 1. The van der Waals surface area contributed by atoms with Crippen molar-refractivity contribution < 1.29 is 4.74 Å². The predicted molar refractivity (Wildman–Crippen MR) is 68.4 cm³/mol. The molecule has 0 amide bonds. The van der Waals surface area contributed by atoms with Gasteiger partial charge in [-0.25, -0.2) is 4.98 Å². The van der Waals surface area contributed by atoms with Crippen molar-refractivity contribution in [3.8, 4) is 6.07 Å². The predicted octanol–water partition coefficient (Wildman–Crippen LogP) is 3.33. The molecule has 0 aliphatic carbocycles. The van der Waals surface area contributed by atoms with Crippen LogP contribution in [0.25, 0.3) is 11.0 Å². The average Bonchev–Trinajstić information content (AvgIpc) is 2.85. The Kier molecular flexibility index (Phi) is 2.94. The summed E-state index contributed by atoms with van der Waals surface area (Å²) in [7, 11) is 0. The summed E-state index contributed by atoms with van der Waals surface area (Å²) in [4.78, 5) is 7.71. The van der Waals surface area contributed by atoms with E-state index in [1.807, 2.05) is 6.07 Å². The maximum atomic E-state index is 8.94. The highest BCUT2D eigenvalue weighted by Gasteiger charge is 2.20. The van der Waals surface area contributed by atoms with E-state index < -0.39 is 0 Å². The molecule has 2 heterocycles. The molecule has 0 radical (unpaired) electrons. The number of halogens is 1. The molecule has 1 aliphatic rings. The number of nitrogens with one attached hydrogen (secondary N) is 1. The minimum atomic E-state index is 0.0211. The molecule has 1 aliphatic heterocycles. The minimum Gasteiger partial charge on any atom is -0.370 e. The van der Waals surface area contributed by atoms with Gasteiger partial charge in [-0.2, -0.15) is 5.26 Å². The van der Waals surface area contributed by atoms with Crippen molar-refractivity contribution in [1.82, 2.24) is 9.97 Å². The van der Waals surface area contributed by atoms with Gasteiger partial charge < -0.3 is 9.72 Å². The van der Waals surface area contributed by atoms with Crippen LogP contribution < -0.4 is 0 Å². The van der Waals surface area contributed by atoms with Gasteiger partial charge in [0, 0.05) is 6.61 Å². The molecule has 0 bridgehead atoms. The average molecular weight is 262 g/mol. The summed E-state index contributed by atoms with van der Waals surface area (Å²) in [6, 6.07) is 5.59. The fraction of sp³-hybridized carbons (Fsp3) is 0.385. The van der Waals surface area contributed by atoms with Crippen molar-refractivity contribution in [3.63, 3.8) is 0 Å². The molecule has 0 spiro atoms. The molecule has 2 aromatic rings. The van der Waals surface area contributed by atoms with Crippen LogP contribution in [0.15, 0.2) is 12.1 Å². The van der Waals surface area contributed by atoms with Gasteiger partial charge in [0.25, 0.3) is 0 Å². The third-order valence-corrected chi connectivity index (χ3v) is 3.60. The second-order valence-corrected chi connectivity index (χ2v) is 4.79. The highest BCUT2D eigenvalue weighted by Crippen LogP contribution is 2.30. The monoisotopic (exact) mass is 261 g/mol. The summed E-state index contributed by atoms with van der Waals surface area (Å²) < 4.78 is 5.69. The van der Waals surface area contributed by atoms with Crippen molar-refractivity contribution >= 4 is 22.6 Å². The molecule has 1 fully saturated rings. The van der Waals surface area contributed by atoms with Crippen LogP contribution >= 0.6 is 11.6 Å². The lowest BCUT2D eigenvalue weighted by Gasteiger charge is -2.20. The zero-order chi connectivity index (χ0) is 12.5. The highest BCUT2D eigenvalue weighted by atomic mass is 35.5. The van der Waals surface area contributed by atoms with Crippen LogP contribution in [-0.4, -0.2) is 16.6 Å². The molecule has 1 atom stereocenters. The standard InChI is InChI=1S/C13H12ClN3O/c14-11-8(7-15)4-5-9-12(11)17-13(16-9)10-3-1-2-6-18-10/h4-5,10H,1-3,6H2,(H,16,17). The van der Waals surface area contributed by atoms with Crippen LogP contribution in [0.1, 0.15) is 36.8 Å². The molecule has 1 aromatic carbocycles. The van der Waals surface area contributed by atoms with Crippen LogP contribution in [-0.2, 0) is 4.74 Å². The number of aromatic amines is 1. The summed E-state index contributed by atoms with van der Waals surface area (Å²) in [5.74, 6) is 0.807. The number of imidazole rings is 1. The zero-order valence-electron chi connectivity index (χ0n) is 9.74. The zero-order valence-corrected chi connectivity index (χ0v) is 10.5. The number of nitriles is 1. The molecule has 1 N–H and O–H groups in total. The molecule has 4 nitrogen and oxygen atoms in total. The summed E-state index contributed by atoms with van der Waals surface area (Å²) in [6.45, 7) is 0.777. The number of rotatable bonds is 1. The van der Waals surface area contributed by atoms with Crippen molar-refractivity contribution in [2.75, 3.05) is 6.61 Å². The largest absolute Gasteiger partial charge is 0.370 e. The maximum Gasteiger partial charge on any atom is 0.136 e. The molecule has 1 unspecified atom stereocenters. The first-order valence-corrected chi connectivity index (χ1v) is 6.37. The minimum absolute atomic E-state index is 0.0211. The second kappa shape index (κ2) is 4.60. The third kappa shape index (κ3) is 1.86. The van der Waals surface area contributed by atoms with Gasteiger partial charge in [-0.05, 0) is 31.4 Å². The molecular formula is C13H12ClN3O. The fourth-order valence-electron chi connectivity index (χ4n) is 2.26. The SMILES string of the molecule is N#Cc1ccc2[nH]c(C3CCCCO3)nc2c1Cl. The van der Waals surface area contributed by atoms with Crippen molar-refractivity contribution in [2.24, 2.45) is 0 Å². The molecule has 1 aromatic heterocycles. The highest BCUT2D eigenvalue weighted by molar-refractivity contribution is 6.36. The van der Waals surface area contributed by atoms with Gasteiger partial charge in [0.05, 0.1) is 16.1 Å². The lowest BCUT2D eigenvalue weighted by Crippen LogP contribution is -2.12. The van der Waals surface area contributed by atoms with E-state index in [1.54, 1.807) is 6.07 Å². The van der Waals surface area contributed by atoms with E-state index in [2.05, 4.69) is 16.0 Å². The third-order valence-electron chi connectivity index (χ3n) is 3.22. The summed E-state index contributed by atoms with van der Waals surface area (Å²) >= 11 is 6.15. The number of H-pyrrole nitrogens is 1. The lowest BCUT2D eigenvalue weighted by molar-refractivity contribution is 0.0101. The van der Waals surface area contributed by atoms with Gasteiger partial charge in [0.1, 0.15) is 23.5 Å². The van der Waals surface area contributed by atoms with Crippen LogP contribution in [0.3, 0.4) is 0 Å².